The Kier molecular flexibility index (Phi) is 2.60. The summed E-state index contributed by atoms with van der Waals surface area (Å²) < 4.78 is 55.9. The van der Waals surface area contributed by atoms with Crippen LogP contribution in [0.2, 0.25) is 0 Å². The van der Waals surface area contributed by atoms with Crippen LogP contribution in [0.15, 0.2) is 24.3 Å². The van der Waals surface area contributed by atoms with Gasteiger partial charge >= 0.3 is 27.3 Å². The van der Waals surface area contributed by atoms with Gasteiger partial charge in [-0.25, -0.2) is 9.59 Å². The van der Waals surface area contributed by atoms with E-state index in [-0.39, 0.29) is 0 Å². The Morgan fingerprint density at radius 2 is 1.37 bits per heavy atom. The van der Waals surface area contributed by atoms with Gasteiger partial charge in [0.25, 0.3) is 0 Å². The Morgan fingerprint density at radius 1 is 1.00 bits per heavy atom. The summed E-state index contributed by atoms with van der Waals surface area (Å²) in [5.74, 6) is -3.92. The van der Waals surface area contributed by atoms with E-state index in [1.54, 1.807) is 0 Å². The van der Waals surface area contributed by atoms with Gasteiger partial charge in [0.15, 0.2) is 0 Å². The monoisotopic (exact) mass is 295 g/mol. The molecule has 0 spiro atoms. The second-order valence-electron chi connectivity index (χ2n) is 3.63. The van der Waals surface area contributed by atoms with Gasteiger partial charge in [0.1, 0.15) is 0 Å². The number of halogens is 3. The summed E-state index contributed by atoms with van der Waals surface area (Å²) in [6, 6.07) is 4.22. The van der Waals surface area contributed by atoms with E-state index >= 15 is 0 Å². The van der Waals surface area contributed by atoms with Crippen LogP contribution < -0.4 is 0 Å². The number of benzene rings is 1. The number of alkyl halides is 3. The average Bonchev–Trinajstić information content (AvgIpc) is 2.52. The van der Waals surface area contributed by atoms with E-state index < -0.39 is 42.5 Å². The van der Waals surface area contributed by atoms with Crippen molar-refractivity contribution in [2.45, 2.75) is 5.51 Å². The fourth-order valence-corrected chi connectivity index (χ4v) is 2.55. The number of carbonyl (C=O) groups excluding carboxylic acids is 2. The smallest absolute Gasteiger partial charge is 0.550 e. The molecule has 0 saturated heterocycles. The van der Waals surface area contributed by atoms with Gasteiger partial charge in [-0.05, 0) is 12.1 Å². The Bertz CT molecular complexity index is 659. The minimum absolute atomic E-state index is 0.643. The summed E-state index contributed by atoms with van der Waals surface area (Å²) in [7, 11) is -6.56. The first-order valence-electron chi connectivity index (χ1n) is 4.65. The molecule has 10 heteroatoms. The number of fused-ring (bicyclic) bond motifs is 1. The van der Waals surface area contributed by atoms with Crippen molar-refractivity contribution in [3.63, 3.8) is 0 Å². The first-order valence-corrected chi connectivity index (χ1v) is 6.09. The molecule has 0 unspecified atom stereocenters. The van der Waals surface area contributed by atoms with Gasteiger partial charge in [-0.1, -0.05) is 12.1 Å². The van der Waals surface area contributed by atoms with Gasteiger partial charge in [-0.15, -0.1) is 4.05 Å². The van der Waals surface area contributed by atoms with Gasteiger partial charge in [0, 0.05) is 0 Å². The van der Waals surface area contributed by atoms with Crippen molar-refractivity contribution in [1.29, 1.82) is 0 Å². The highest BCUT2D eigenvalue weighted by atomic mass is 32.2. The van der Waals surface area contributed by atoms with Crippen LogP contribution in [0.3, 0.4) is 0 Å². The van der Waals surface area contributed by atoms with Gasteiger partial charge in [0.2, 0.25) is 0 Å². The molecular weight excluding hydrogens is 291 g/mol. The maximum atomic E-state index is 12.4. The van der Waals surface area contributed by atoms with Gasteiger partial charge in [-0.2, -0.15) is 21.6 Å². The largest absolute Gasteiger partial charge is 0.601 e. The number of rotatable bonds is 1. The topological polar surface area (TPSA) is 91.3 Å². The first-order chi connectivity index (χ1) is 8.55. The Hall–Kier alpha value is -1.78. The van der Waals surface area contributed by atoms with E-state index in [2.05, 4.69) is 0 Å². The minimum atomic E-state index is -6.56. The molecule has 19 heavy (non-hydrogen) atoms. The number of hydrogen-bond donors (Lipinski definition) is 0. The molecule has 2 rings (SSSR count). The lowest BCUT2D eigenvalue weighted by Crippen LogP contribution is -2.56. The number of imide groups is 1. The SMILES string of the molecule is O=C1c2ccccc2C(=O)[N+]1([O-])S(=O)(=O)C(F)(F)F. The molecule has 0 radical (unpaired) electrons. The molecule has 1 aliphatic heterocycles. The summed E-state index contributed by atoms with van der Waals surface area (Å²) in [6.07, 6.45) is 0. The third kappa shape index (κ3) is 1.47. The van der Waals surface area contributed by atoms with E-state index in [9.17, 15) is 36.4 Å². The molecule has 0 aromatic heterocycles. The zero-order chi connectivity index (χ0) is 14.6. The van der Waals surface area contributed by atoms with Crippen LogP contribution in [-0.2, 0) is 10.0 Å². The number of quaternary nitrogens is 1. The molecule has 1 aliphatic rings. The van der Waals surface area contributed by atoms with Crippen LogP contribution in [0.25, 0.3) is 0 Å². The zero-order valence-electron chi connectivity index (χ0n) is 8.84. The molecular formula is C9H4F3NO5S. The van der Waals surface area contributed by atoms with Crippen LogP contribution in [-0.4, -0.2) is 29.8 Å². The summed E-state index contributed by atoms with van der Waals surface area (Å²) in [6.45, 7) is 0. The van der Waals surface area contributed by atoms with Crippen LogP contribution in [0.4, 0.5) is 13.2 Å². The van der Waals surface area contributed by atoms with Crippen molar-refractivity contribution in [2.24, 2.45) is 0 Å². The molecule has 0 saturated carbocycles. The third-order valence-corrected chi connectivity index (χ3v) is 4.15. The quantitative estimate of drug-likeness (QED) is 0.440. The second kappa shape index (κ2) is 3.62. The number of nitrogens with zero attached hydrogens (tertiary/aromatic N) is 1. The predicted octanol–water partition coefficient (Wildman–Crippen LogP) is 1.14. The highest BCUT2D eigenvalue weighted by Gasteiger charge is 2.67. The summed E-state index contributed by atoms with van der Waals surface area (Å²) >= 11 is 0. The highest BCUT2D eigenvalue weighted by Crippen LogP contribution is 2.39. The van der Waals surface area contributed by atoms with Crippen LogP contribution in [0.5, 0.6) is 0 Å². The van der Waals surface area contributed by atoms with Gasteiger partial charge in [-0.3, -0.25) is 0 Å². The van der Waals surface area contributed by atoms with E-state index in [0.717, 1.165) is 12.1 Å². The van der Waals surface area contributed by atoms with Crippen molar-refractivity contribution in [1.82, 2.24) is 0 Å². The lowest BCUT2D eigenvalue weighted by atomic mass is 10.1. The molecule has 6 nitrogen and oxygen atoms in total. The van der Waals surface area contributed by atoms with Crippen molar-refractivity contribution in [2.75, 3.05) is 0 Å². The lowest BCUT2D eigenvalue weighted by Gasteiger charge is -2.30. The van der Waals surface area contributed by atoms with Crippen LogP contribution in [0.1, 0.15) is 20.7 Å². The predicted molar refractivity (Wildman–Crippen MR) is 53.7 cm³/mol. The Labute approximate surface area is 104 Å². The summed E-state index contributed by atoms with van der Waals surface area (Å²) in [5, 5.41) is 11.8. The molecule has 2 amide bonds. The molecule has 0 N–H and O–H groups in total. The van der Waals surface area contributed by atoms with E-state index in [4.69, 9.17) is 0 Å². The fourth-order valence-electron chi connectivity index (χ4n) is 1.63. The summed E-state index contributed by atoms with van der Waals surface area (Å²) in [4.78, 5) is 23.2. The lowest BCUT2D eigenvalue weighted by molar-refractivity contribution is -0.568. The fraction of sp³-hybridized carbons (Fsp3) is 0.111. The van der Waals surface area contributed by atoms with Crippen LogP contribution >= 0.6 is 0 Å². The minimum Gasteiger partial charge on any atom is -0.601 e. The maximum absolute atomic E-state index is 12.4. The number of carbonyl (C=O) groups is 2. The van der Waals surface area contributed by atoms with Crippen molar-refractivity contribution >= 4 is 21.8 Å². The Balaban J connectivity index is 2.75. The molecule has 1 aromatic rings. The summed E-state index contributed by atoms with van der Waals surface area (Å²) in [5.41, 5.74) is -7.30. The third-order valence-electron chi connectivity index (χ3n) is 2.55. The van der Waals surface area contributed by atoms with E-state index in [1.165, 1.54) is 12.1 Å². The number of amides is 2. The maximum Gasteiger partial charge on any atom is 0.550 e. The molecule has 1 aromatic carbocycles. The van der Waals surface area contributed by atoms with Crippen molar-refractivity contribution in [3.05, 3.63) is 40.6 Å². The molecule has 1 heterocycles. The number of sulfonamides is 1. The van der Waals surface area contributed by atoms with Crippen LogP contribution in [0, 0.1) is 5.21 Å². The first kappa shape index (κ1) is 13.6. The average molecular weight is 295 g/mol. The number of hydrogen-bond acceptors (Lipinski definition) is 5. The van der Waals surface area contributed by atoms with Crippen molar-refractivity contribution in [3.8, 4) is 0 Å². The molecule has 102 valence electrons. The molecule has 0 aliphatic carbocycles. The normalized spacial score (nSPS) is 18.5. The van der Waals surface area contributed by atoms with Crippen molar-refractivity contribution < 1.29 is 35.2 Å². The zero-order valence-corrected chi connectivity index (χ0v) is 9.66. The molecule has 0 fully saturated rings. The highest BCUT2D eigenvalue weighted by molar-refractivity contribution is 7.87. The second-order valence-corrected chi connectivity index (χ2v) is 5.56. The standard InChI is InChI=1S/C9H4F3NO5S/c10-9(11,12)19(17,18)13(16)7(14)5-3-1-2-4-6(5)8(13)15/h1-4H. The Morgan fingerprint density at radius 3 is 1.68 bits per heavy atom. The van der Waals surface area contributed by atoms with Gasteiger partial charge < -0.3 is 5.21 Å². The molecule has 0 atom stereocenters. The van der Waals surface area contributed by atoms with E-state index in [0.29, 0.717) is 0 Å². The number of hydroxylamine groups is 2. The van der Waals surface area contributed by atoms with E-state index in [1.807, 2.05) is 0 Å². The van der Waals surface area contributed by atoms with Gasteiger partial charge in [0.05, 0.1) is 11.1 Å². The molecule has 0 bridgehead atoms.